The van der Waals surface area contributed by atoms with Crippen molar-refractivity contribution in [1.82, 2.24) is 5.32 Å². The van der Waals surface area contributed by atoms with Crippen molar-refractivity contribution >= 4 is 17.6 Å². The fraction of sp³-hybridized carbons (Fsp3) is 0.333. The van der Waals surface area contributed by atoms with Crippen LogP contribution in [0, 0.1) is 22.9 Å². The number of nitrogens with one attached hydrogen (secondary N) is 1. The zero-order valence-corrected chi connectivity index (χ0v) is 10.7. The second-order valence-electron chi connectivity index (χ2n) is 4.13. The number of carbonyl (C=O) groups is 2. The van der Waals surface area contributed by atoms with Crippen LogP contribution in [0.5, 0.6) is 0 Å². The molecule has 2 N–H and O–H groups in total. The molecule has 108 valence electrons. The Hall–Kier alpha value is -2.51. The summed E-state index contributed by atoms with van der Waals surface area (Å²) in [6.07, 6.45) is 0.0628. The van der Waals surface area contributed by atoms with E-state index in [-0.39, 0.29) is 30.6 Å². The van der Waals surface area contributed by atoms with Crippen LogP contribution in [-0.4, -0.2) is 28.5 Å². The molecule has 0 fully saturated rings. The minimum Gasteiger partial charge on any atom is -0.481 e. The summed E-state index contributed by atoms with van der Waals surface area (Å²) in [6, 6.07) is 1.89. The van der Waals surface area contributed by atoms with Gasteiger partial charge in [-0.15, -0.1) is 0 Å². The topological polar surface area (TPSA) is 110 Å². The predicted octanol–water partition coefficient (Wildman–Crippen LogP) is 1.64. The maximum absolute atomic E-state index is 13.8. The highest BCUT2D eigenvalue weighted by Crippen LogP contribution is 2.20. The molecular weight excluding hydrogens is 271 g/mol. The first-order valence-corrected chi connectivity index (χ1v) is 5.77. The summed E-state index contributed by atoms with van der Waals surface area (Å²) in [5.74, 6) is -2.64. The Labute approximate surface area is 113 Å². The number of carboxylic acids is 1. The molecule has 0 saturated carbocycles. The van der Waals surface area contributed by atoms with Gasteiger partial charge in [0.15, 0.2) is 0 Å². The highest BCUT2D eigenvalue weighted by molar-refractivity contribution is 5.95. The standard InChI is InChI=1S/C12H13FN2O5/c1-7-5-8(15(19)20)6-9(11(7)13)12(18)14-4-2-3-10(16)17/h5-6H,2-4H2,1H3,(H,14,18)(H,16,17). The number of benzene rings is 1. The molecule has 20 heavy (non-hydrogen) atoms. The predicted molar refractivity (Wildman–Crippen MR) is 67.0 cm³/mol. The van der Waals surface area contributed by atoms with Gasteiger partial charge in [0.25, 0.3) is 11.6 Å². The number of hydrogen-bond donors (Lipinski definition) is 2. The number of non-ortho nitro benzene ring substituents is 1. The molecule has 0 unspecified atom stereocenters. The van der Waals surface area contributed by atoms with Crippen molar-refractivity contribution in [3.8, 4) is 0 Å². The number of nitrogens with zero attached hydrogens (tertiary/aromatic N) is 1. The number of rotatable bonds is 6. The highest BCUT2D eigenvalue weighted by Gasteiger charge is 2.19. The van der Waals surface area contributed by atoms with Crippen LogP contribution in [0.1, 0.15) is 28.8 Å². The first-order valence-electron chi connectivity index (χ1n) is 5.77. The molecule has 0 spiro atoms. The fourth-order valence-electron chi connectivity index (χ4n) is 1.56. The quantitative estimate of drug-likeness (QED) is 0.468. The molecule has 0 heterocycles. The van der Waals surface area contributed by atoms with E-state index in [9.17, 15) is 24.1 Å². The first kappa shape index (κ1) is 15.5. The van der Waals surface area contributed by atoms with Gasteiger partial charge >= 0.3 is 5.97 Å². The molecule has 0 aliphatic carbocycles. The molecule has 8 heteroatoms. The molecule has 1 rings (SSSR count). The molecule has 7 nitrogen and oxygen atoms in total. The maximum atomic E-state index is 13.8. The van der Waals surface area contributed by atoms with Gasteiger partial charge < -0.3 is 10.4 Å². The number of halogens is 1. The molecule has 1 aromatic rings. The van der Waals surface area contributed by atoms with Crippen molar-refractivity contribution < 1.29 is 24.0 Å². The molecule has 1 aromatic carbocycles. The van der Waals surface area contributed by atoms with Crippen LogP contribution in [-0.2, 0) is 4.79 Å². The number of nitro groups is 1. The van der Waals surface area contributed by atoms with Gasteiger partial charge in [-0.05, 0) is 18.9 Å². The maximum Gasteiger partial charge on any atom is 0.303 e. The smallest absolute Gasteiger partial charge is 0.303 e. The van der Waals surface area contributed by atoms with Crippen molar-refractivity contribution in [3.63, 3.8) is 0 Å². The van der Waals surface area contributed by atoms with Crippen molar-refractivity contribution in [2.75, 3.05) is 6.54 Å². The van der Waals surface area contributed by atoms with Gasteiger partial charge in [0.05, 0.1) is 10.5 Å². The minimum absolute atomic E-state index is 0.00474. The molecule has 1 amide bonds. The molecule has 0 saturated heterocycles. The van der Waals surface area contributed by atoms with Crippen LogP contribution in [0.2, 0.25) is 0 Å². The average Bonchev–Trinajstić information content (AvgIpc) is 2.36. The van der Waals surface area contributed by atoms with Crippen LogP contribution in [0.15, 0.2) is 12.1 Å². The number of amides is 1. The normalized spacial score (nSPS) is 10.1. The minimum atomic E-state index is -1.00. The zero-order chi connectivity index (χ0) is 15.3. The van der Waals surface area contributed by atoms with E-state index in [1.807, 2.05) is 0 Å². The number of carbonyl (C=O) groups excluding carboxylic acids is 1. The molecule has 0 bridgehead atoms. The summed E-state index contributed by atoms with van der Waals surface area (Å²) in [5, 5.41) is 21.4. The third kappa shape index (κ3) is 4.01. The van der Waals surface area contributed by atoms with Crippen molar-refractivity contribution in [2.24, 2.45) is 0 Å². The van der Waals surface area contributed by atoms with Crippen LogP contribution in [0.4, 0.5) is 10.1 Å². The molecule has 0 atom stereocenters. The van der Waals surface area contributed by atoms with Gasteiger partial charge in [0, 0.05) is 25.1 Å². The van der Waals surface area contributed by atoms with E-state index in [1.54, 1.807) is 0 Å². The molecule has 0 aliphatic rings. The Morgan fingerprint density at radius 2 is 2.10 bits per heavy atom. The van der Waals surface area contributed by atoms with Gasteiger partial charge in [0.2, 0.25) is 0 Å². The zero-order valence-electron chi connectivity index (χ0n) is 10.7. The van der Waals surface area contributed by atoms with E-state index in [4.69, 9.17) is 5.11 Å². The number of aryl methyl sites for hydroxylation is 1. The lowest BCUT2D eigenvalue weighted by atomic mass is 10.1. The lowest BCUT2D eigenvalue weighted by Gasteiger charge is -2.07. The Bertz CT molecular complexity index is 559. The third-order valence-corrected chi connectivity index (χ3v) is 2.55. The number of carboxylic acid groups (broad SMARTS) is 1. The Kier molecular flexibility index (Phi) is 5.13. The second-order valence-corrected chi connectivity index (χ2v) is 4.13. The van der Waals surface area contributed by atoms with Gasteiger partial charge in [-0.25, -0.2) is 4.39 Å². The van der Waals surface area contributed by atoms with Crippen molar-refractivity contribution in [2.45, 2.75) is 19.8 Å². The van der Waals surface area contributed by atoms with E-state index < -0.39 is 28.2 Å². The number of aliphatic carboxylic acids is 1. The van der Waals surface area contributed by atoms with Crippen LogP contribution in [0.3, 0.4) is 0 Å². The number of nitro benzene ring substituents is 1. The van der Waals surface area contributed by atoms with Crippen LogP contribution >= 0.6 is 0 Å². The Morgan fingerprint density at radius 3 is 2.65 bits per heavy atom. The third-order valence-electron chi connectivity index (χ3n) is 2.55. The van der Waals surface area contributed by atoms with Crippen molar-refractivity contribution in [3.05, 3.63) is 39.2 Å². The first-order chi connectivity index (χ1) is 9.32. The van der Waals surface area contributed by atoms with E-state index in [2.05, 4.69) is 5.32 Å². The summed E-state index contributed by atoms with van der Waals surface area (Å²) in [6.45, 7) is 1.37. The van der Waals surface area contributed by atoms with Crippen molar-refractivity contribution in [1.29, 1.82) is 0 Å². The van der Waals surface area contributed by atoms with E-state index >= 15 is 0 Å². The summed E-state index contributed by atoms with van der Waals surface area (Å²) in [4.78, 5) is 31.9. The van der Waals surface area contributed by atoms with Crippen LogP contribution in [0.25, 0.3) is 0 Å². The average molecular weight is 284 g/mol. The highest BCUT2D eigenvalue weighted by atomic mass is 19.1. The van der Waals surface area contributed by atoms with Gasteiger partial charge in [-0.1, -0.05) is 0 Å². The summed E-state index contributed by atoms with van der Waals surface area (Å²) >= 11 is 0. The summed E-state index contributed by atoms with van der Waals surface area (Å²) < 4.78 is 13.8. The van der Waals surface area contributed by atoms with Gasteiger partial charge in [-0.3, -0.25) is 19.7 Å². The van der Waals surface area contributed by atoms with Crippen LogP contribution < -0.4 is 5.32 Å². The van der Waals surface area contributed by atoms with E-state index in [0.29, 0.717) is 0 Å². The summed E-state index contributed by atoms with van der Waals surface area (Å²) in [5.41, 5.74) is -0.804. The van der Waals surface area contributed by atoms with E-state index in [0.717, 1.165) is 12.1 Å². The lowest BCUT2D eigenvalue weighted by molar-refractivity contribution is -0.385. The summed E-state index contributed by atoms with van der Waals surface area (Å²) in [7, 11) is 0. The van der Waals surface area contributed by atoms with Gasteiger partial charge in [-0.2, -0.15) is 0 Å². The Morgan fingerprint density at radius 1 is 1.45 bits per heavy atom. The lowest BCUT2D eigenvalue weighted by Crippen LogP contribution is -2.26. The fourth-order valence-corrected chi connectivity index (χ4v) is 1.56. The Balaban J connectivity index is 2.81. The molecule has 0 aromatic heterocycles. The largest absolute Gasteiger partial charge is 0.481 e. The monoisotopic (exact) mass is 284 g/mol. The molecule has 0 aliphatic heterocycles. The SMILES string of the molecule is Cc1cc([N+](=O)[O-])cc(C(=O)NCCCC(=O)O)c1F. The second kappa shape index (κ2) is 6.60. The number of hydrogen-bond acceptors (Lipinski definition) is 4. The van der Waals surface area contributed by atoms with E-state index in [1.165, 1.54) is 6.92 Å². The molecule has 0 radical (unpaired) electrons. The molecular formula is C12H13FN2O5. The van der Waals surface area contributed by atoms with Gasteiger partial charge in [0.1, 0.15) is 5.82 Å².